The molecule has 3 rings (SSSR count). The third kappa shape index (κ3) is 5.38. The minimum atomic E-state index is -4.43. The van der Waals surface area contributed by atoms with E-state index in [1.807, 2.05) is 0 Å². The first-order valence-electron chi connectivity index (χ1n) is 8.88. The molecule has 0 aliphatic carbocycles. The first kappa shape index (κ1) is 20.9. The number of alkyl halides is 3. The van der Waals surface area contributed by atoms with Gasteiger partial charge in [-0.2, -0.15) is 13.2 Å². The summed E-state index contributed by atoms with van der Waals surface area (Å²) in [4.78, 5) is 11.9. The van der Waals surface area contributed by atoms with Crippen LogP contribution in [0, 0.1) is 0 Å². The highest BCUT2D eigenvalue weighted by Gasteiger charge is 2.30. The van der Waals surface area contributed by atoms with E-state index in [2.05, 4.69) is 5.32 Å². The lowest BCUT2D eigenvalue weighted by atomic mass is 10.1. The van der Waals surface area contributed by atoms with Crippen LogP contribution in [0.2, 0.25) is 0 Å². The van der Waals surface area contributed by atoms with E-state index >= 15 is 0 Å². The molecule has 0 aromatic heterocycles. The minimum Gasteiger partial charge on any atom is -0.348 e. The van der Waals surface area contributed by atoms with E-state index < -0.39 is 27.7 Å². The maximum atomic E-state index is 12.7. The predicted octanol–water partition coefficient (Wildman–Crippen LogP) is 3.57. The normalized spacial score (nSPS) is 16.3. The lowest BCUT2D eigenvalue weighted by Gasteiger charge is -2.16. The maximum Gasteiger partial charge on any atom is 0.416 e. The molecule has 0 spiro atoms. The monoisotopic (exact) mass is 424 g/mol. The van der Waals surface area contributed by atoms with Gasteiger partial charge in [-0.25, -0.2) is 8.42 Å². The number of halogens is 3. The third-order valence-corrected chi connectivity index (χ3v) is 6.30. The predicted molar refractivity (Wildman–Crippen MR) is 105 cm³/mol. The van der Waals surface area contributed by atoms with Crippen LogP contribution < -0.4 is 9.62 Å². The van der Waals surface area contributed by atoms with Crippen molar-refractivity contribution in [2.45, 2.75) is 19.1 Å². The third-order valence-electron chi connectivity index (χ3n) is 4.43. The SMILES string of the molecule is O=C(/C=C/c1ccc(N2CCCS2(=O)=O)cc1)NCc1cccc(C(F)(F)F)c1. The van der Waals surface area contributed by atoms with Crippen LogP contribution in [0.1, 0.15) is 23.1 Å². The smallest absolute Gasteiger partial charge is 0.348 e. The molecule has 1 saturated heterocycles. The molecule has 2 aromatic carbocycles. The number of rotatable bonds is 5. The maximum absolute atomic E-state index is 12.7. The molecule has 1 N–H and O–H groups in total. The van der Waals surface area contributed by atoms with Gasteiger partial charge in [0.25, 0.3) is 0 Å². The average Bonchev–Trinajstić information content (AvgIpc) is 3.04. The summed E-state index contributed by atoms with van der Waals surface area (Å²) in [5, 5.41) is 2.53. The Morgan fingerprint density at radius 2 is 1.86 bits per heavy atom. The van der Waals surface area contributed by atoms with Gasteiger partial charge < -0.3 is 5.32 Å². The summed E-state index contributed by atoms with van der Waals surface area (Å²) in [6.07, 6.45) is -1.02. The number of sulfonamides is 1. The van der Waals surface area contributed by atoms with Crippen molar-refractivity contribution >= 4 is 27.7 Å². The second kappa shape index (κ2) is 8.28. The molecule has 1 amide bonds. The topological polar surface area (TPSA) is 66.5 Å². The van der Waals surface area contributed by atoms with Crippen molar-refractivity contribution in [3.8, 4) is 0 Å². The number of hydrogen-bond acceptors (Lipinski definition) is 3. The molecule has 1 aliphatic heterocycles. The van der Waals surface area contributed by atoms with Gasteiger partial charge in [0.1, 0.15) is 0 Å². The zero-order chi connectivity index (χ0) is 21.1. The highest BCUT2D eigenvalue weighted by Crippen LogP contribution is 2.29. The molecule has 0 atom stereocenters. The fourth-order valence-electron chi connectivity index (χ4n) is 2.96. The van der Waals surface area contributed by atoms with E-state index in [9.17, 15) is 26.4 Å². The number of nitrogens with one attached hydrogen (secondary N) is 1. The number of hydrogen-bond donors (Lipinski definition) is 1. The van der Waals surface area contributed by atoms with Crippen LogP contribution in [0.5, 0.6) is 0 Å². The van der Waals surface area contributed by atoms with Gasteiger partial charge in [0.05, 0.1) is 17.0 Å². The van der Waals surface area contributed by atoms with Crippen LogP contribution in [0.15, 0.2) is 54.6 Å². The van der Waals surface area contributed by atoms with E-state index in [0.29, 0.717) is 29.8 Å². The first-order valence-corrected chi connectivity index (χ1v) is 10.5. The molecule has 1 aliphatic rings. The Morgan fingerprint density at radius 1 is 1.14 bits per heavy atom. The van der Waals surface area contributed by atoms with Crippen molar-refractivity contribution in [3.63, 3.8) is 0 Å². The van der Waals surface area contributed by atoms with Crippen LogP contribution in [-0.4, -0.2) is 26.6 Å². The van der Waals surface area contributed by atoms with Crippen molar-refractivity contribution < 1.29 is 26.4 Å². The number of carbonyl (C=O) groups excluding carboxylic acids is 1. The van der Waals surface area contributed by atoms with Crippen LogP contribution in [-0.2, 0) is 27.5 Å². The number of carbonyl (C=O) groups is 1. The van der Waals surface area contributed by atoms with Crippen molar-refractivity contribution in [3.05, 3.63) is 71.3 Å². The standard InChI is InChI=1S/C20H19F3N2O3S/c21-20(22,23)17-4-1-3-16(13-17)14-24-19(26)10-7-15-5-8-18(9-6-15)25-11-2-12-29(25,27)28/h1,3-10,13H,2,11-12,14H2,(H,24,26)/b10-7+. The van der Waals surface area contributed by atoms with Crippen molar-refractivity contribution in [1.82, 2.24) is 5.32 Å². The van der Waals surface area contributed by atoms with E-state index in [0.717, 1.165) is 12.1 Å². The first-order chi connectivity index (χ1) is 13.6. The Hall–Kier alpha value is -2.81. The molecule has 2 aromatic rings. The summed E-state index contributed by atoms with van der Waals surface area (Å²) in [7, 11) is -3.24. The van der Waals surface area contributed by atoms with Gasteiger partial charge in [0.2, 0.25) is 15.9 Å². The Bertz CT molecular complexity index is 1020. The van der Waals surface area contributed by atoms with E-state index in [1.165, 1.54) is 22.5 Å². The molecule has 0 unspecified atom stereocenters. The molecule has 5 nitrogen and oxygen atoms in total. The summed E-state index contributed by atoms with van der Waals surface area (Å²) in [5.74, 6) is -0.311. The second-order valence-electron chi connectivity index (χ2n) is 6.58. The molecule has 1 fully saturated rings. The Kier molecular flexibility index (Phi) is 5.97. The zero-order valence-corrected chi connectivity index (χ0v) is 16.1. The Labute approximate surface area is 166 Å². The average molecular weight is 424 g/mol. The molecule has 0 bridgehead atoms. The lowest BCUT2D eigenvalue weighted by molar-refractivity contribution is -0.137. The quantitative estimate of drug-likeness (QED) is 0.747. The van der Waals surface area contributed by atoms with Crippen LogP contribution >= 0.6 is 0 Å². The fraction of sp³-hybridized carbons (Fsp3) is 0.250. The number of anilines is 1. The zero-order valence-electron chi connectivity index (χ0n) is 15.3. The van der Waals surface area contributed by atoms with Gasteiger partial charge in [-0.3, -0.25) is 9.10 Å². The van der Waals surface area contributed by atoms with Gasteiger partial charge in [-0.15, -0.1) is 0 Å². The van der Waals surface area contributed by atoms with Crippen LogP contribution in [0.4, 0.5) is 18.9 Å². The summed E-state index contributed by atoms with van der Waals surface area (Å²) < 4.78 is 63.3. The Balaban J connectivity index is 1.57. The van der Waals surface area contributed by atoms with Crippen molar-refractivity contribution in [1.29, 1.82) is 0 Å². The van der Waals surface area contributed by atoms with Gasteiger partial charge >= 0.3 is 6.18 Å². The summed E-state index contributed by atoms with van der Waals surface area (Å²) in [6.45, 7) is 0.425. The largest absolute Gasteiger partial charge is 0.416 e. The fourth-order valence-corrected chi connectivity index (χ4v) is 4.52. The van der Waals surface area contributed by atoms with Crippen LogP contribution in [0.3, 0.4) is 0 Å². The number of nitrogens with zero attached hydrogens (tertiary/aromatic N) is 1. The molecular weight excluding hydrogens is 405 g/mol. The van der Waals surface area contributed by atoms with Gasteiger partial charge in [0, 0.05) is 19.2 Å². The Morgan fingerprint density at radius 3 is 2.48 bits per heavy atom. The minimum absolute atomic E-state index is 0.0289. The van der Waals surface area contributed by atoms with E-state index in [4.69, 9.17) is 0 Å². The molecule has 29 heavy (non-hydrogen) atoms. The molecule has 1 heterocycles. The summed E-state index contributed by atoms with van der Waals surface area (Å²) >= 11 is 0. The molecule has 0 saturated carbocycles. The highest BCUT2D eigenvalue weighted by molar-refractivity contribution is 7.93. The summed E-state index contributed by atoms with van der Waals surface area (Å²) in [6, 6.07) is 11.5. The highest BCUT2D eigenvalue weighted by atomic mass is 32.2. The molecule has 0 radical (unpaired) electrons. The number of amides is 1. The summed E-state index contributed by atoms with van der Waals surface area (Å²) in [5.41, 5.74) is 0.853. The van der Waals surface area contributed by atoms with E-state index in [-0.39, 0.29) is 12.3 Å². The van der Waals surface area contributed by atoms with Crippen molar-refractivity contribution in [2.24, 2.45) is 0 Å². The van der Waals surface area contributed by atoms with E-state index in [1.54, 1.807) is 30.3 Å². The molecule has 9 heteroatoms. The van der Waals surface area contributed by atoms with Gasteiger partial charge in [-0.1, -0.05) is 24.3 Å². The second-order valence-corrected chi connectivity index (χ2v) is 8.60. The van der Waals surface area contributed by atoms with Crippen molar-refractivity contribution in [2.75, 3.05) is 16.6 Å². The van der Waals surface area contributed by atoms with Gasteiger partial charge in [-0.05, 0) is 47.9 Å². The van der Waals surface area contributed by atoms with Gasteiger partial charge in [0.15, 0.2) is 0 Å². The number of benzene rings is 2. The van der Waals surface area contributed by atoms with Crippen LogP contribution in [0.25, 0.3) is 6.08 Å². The molecular formula is C20H19F3N2O3S. The lowest BCUT2D eigenvalue weighted by Crippen LogP contribution is -2.24. The molecule has 154 valence electrons.